The Morgan fingerprint density at radius 2 is 0.759 bits per heavy atom. The van der Waals surface area contributed by atoms with Crippen molar-refractivity contribution in [2.45, 2.75) is 26.2 Å². The number of benzene rings is 9. The molecule has 58 heavy (non-hydrogen) atoms. The average molecular weight is 775 g/mol. The number of para-hydroxylation sites is 2. The summed E-state index contributed by atoms with van der Waals surface area (Å²) in [5.74, 6) is 0. The largest absolute Gasteiger partial charge is 0.455 e. The lowest BCUT2D eigenvalue weighted by atomic mass is 9.90. The summed E-state index contributed by atoms with van der Waals surface area (Å²) in [7, 11) is -4.51. The van der Waals surface area contributed by atoms with Crippen molar-refractivity contribution in [1.29, 1.82) is 0 Å². The number of furan rings is 2. The van der Waals surface area contributed by atoms with E-state index in [1.165, 1.54) is 108 Å². The van der Waals surface area contributed by atoms with Crippen LogP contribution in [0.4, 0.5) is 0 Å². The molecule has 0 radical (unpaired) electrons. The van der Waals surface area contributed by atoms with E-state index in [-0.39, 0.29) is 0 Å². The zero-order chi connectivity index (χ0) is 38.7. The van der Waals surface area contributed by atoms with Gasteiger partial charge >= 0.3 is 0 Å². The number of hydrogen-bond acceptors (Lipinski definition) is 2. The van der Waals surface area contributed by atoms with Gasteiger partial charge in [-0.2, -0.15) is 0 Å². The second-order valence-electron chi connectivity index (χ2n) is 17.5. The van der Waals surface area contributed by atoms with E-state index in [9.17, 15) is 0 Å². The van der Waals surface area contributed by atoms with Crippen LogP contribution in [0, 0.1) is 0 Å². The molecular weight excluding hydrogens is 737 g/mol. The van der Waals surface area contributed by atoms with Gasteiger partial charge in [0, 0.05) is 32.7 Å². The van der Waals surface area contributed by atoms with E-state index >= 15 is 0 Å². The van der Waals surface area contributed by atoms with Crippen molar-refractivity contribution in [2.24, 2.45) is 0 Å². The summed E-state index contributed by atoms with van der Waals surface area (Å²) in [4.78, 5) is 0. The topological polar surface area (TPSA) is 26.3 Å². The molecule has 2 nitrogen and oxygen atoms in total. The molecule has 0 fully saturated rings. The minimum atomic E-state index is -2.26. The van der Waals surface area contributed by atoms with E-state index in [4.69, 9.17) is 8.83 Å². The fourth-order valence-corrected chi connectivity index (χ4v) is 17.1. The number of rotatable bonds is 2. The van der Waals surface area contributed by atoms with Crippen molar-refractivity contribution in [2.75, 3.05) is 0 Å². The van der Waals surface area contributed by atoms with Crippen molar-refractivity contribution in [3.63, 3.8) is 0 Å². The molecule has 0 bridgehead atoms. The lowest BCUT2D eigenvalue weighted by Crippen LogP contribution is -2.51. The molecule has 11 aromatic rings. The molecule has 2 aromatic heterocycles. The Morgan fingerprint density at radius 1 is 0.328 bits per heavy atom. The van der Waals surface area contributed by atoms with Gasteiger partial charge in [-0.15, -0.1) is 0 Å². The van der Waals surface area contributed by atoms with Gasteiger partial charge in [0.2, 0.25) is 0 Å². The van der Waals surface area contributed by atoms with Gasteiger partial charge in [0.1, 0.15) is 38.5 Å². The van der Waals surface area contributed by atoms with Crippen LogP contribution in [-0.2, 0) is 0 Å². The first-order chi connectivity index (χ1) is 28.3. The second kappa shape index (κ2) is 11.1. The molecule has 0 unspecified atom stereocenters. The Balaban J connectivity index is 1.12. The van der Waals surface area contributed by atoms with Crippen molar-refractivity contribution >= 4 is 102 Å². The van der Waals surface area contributed by atoms with E-state index in [1.54, 1.807) is 0 Å². The summed E-state index contributed by atoms with van der Waals surface area (Å²) in [6.07, 6.45) is 0. The first-order valence-corrected chi connectivity index (χ1v) is 26.4. The van der Waals surface area contributed by atoms with Crippen LogP contribution in [0.1, 0.15) is 0 Å². The summed E-state index contributed by atoms with van der Waals surface area (Å²) >= 11 is 0. The van der Waals surface area contributed by atoms with E-state index < -0.39 is 16.1 Å². The summed E-state index contributed by atoms with van der Waals surface area (Å²) in [6.45, 7) is 10.2. The number of hydrogen-bond donors (Lipinski definition) is 0. The Labute approximate surface area is 338 Å². The standard InChI is InChI=1S/C54H38O2Si2/c1-57(2)45-30-42-46(29-41(45)50-47(57)28-40(36-24-14-18-32-16-6-8-20-34(32)36)53-52(50)38-22-10-12-26-44(38)55-53)58(3,4)48-27-39(35-23-13-17-31-15-5-7-19-33(31)35)49-37-21-9-11-25-43(37)56-54(49)51(42)48/h5-30H,1-4H3. The molecular formula is C54H38O2Si2. The number of fused-ring (bicyclic) bond motifs is 16. The first-order valence-electron chi connectivity index (χ1n) is 20.4. The predicted octanol–water partition coefficient (Wildman–Crippen LogP) is 12.7. The molecule has 0 N–H and O–H groups in total. The Morgan fingerprint density at radius 3 is 1.38 bits per heavy atom. The zero-order valence-electron chi connectivity index (χ0n) is 32.8. The summed E-state index contributed by atoms with van der Waals surface area (Å²) in [5, 5.41) is 15.8. The fraction of sp³-hybridized carbons (Fsp3) is 0.0741. The van der Waals surface area contributed by atoms with Gasteiger partial charge in [-0.1, -0.05) is 172 Å². The quantitative estimate of drug-likeness (QED) is 0.164. The van der Waals surface area contributed by atoms with Gasteiger partial charge in [-0.25, -0.2) is 0 Å². The lowest BCUT2D eigenvalue weighted by molar-refractivity contribution is 0.670. The first kappa shape index (κ1) is 32.6. The molecule has 4 heteroatoms. The van der Waals surface area contributed by atoms with E-state index in [1.807, 2.05) is 0 Å². The van der Waals surface area contributed by atoms with Crippen LogP contribution in [0.3, 0.4) is 0 Å². The SMILES string of the molecule is C[Si]1(C)c2cc3c(cc2-c2c1cc(-c1cccc4ccccc14)c1c2oc2ccccc21)[Si](C)(C)c1cc(-c2cccc4ccccc24)c2oc4ccccc4c2c1-3. The molecule has 0 saturated heterocycles. The van der Waals surface area contributed by atoms with Gasteiger partial charge < -0.3 is 8.83 Å². The van der Waals surface area contributed by atoms with Crippen molar-refractivity contribution in [1.82, 2.24) is 0 Å². The molecule has 9 aromatic carbocycles. The van der Waals surface area contributed by atoms with Crippen molar-refractivity contribution < 1.29 is 8.83 Å². The maximum atomic E-state index is 7.07. The third-order valence-corrected chi connectivity index (χ3v) is 20.9. The van der Waals surface area contributed by atoms with Crippen LogP contribution >= 0.6 is 0 Å². The van der Waals surface area contributed by atoms with Crippen LogP contribution in [0.25, 0.3) is 110 Å². The predicted molar refractivity (Wildman–Crippen MR) is 251 cm³/mol. The minimum Gasteiger partial charge on any atom is -0.455 e. The van der Waals surface area contributed by atoms with Gasteiger partial charge in [-0.3, -0.25) is 0 Å². The smallest absolute Gasteiger partial charge is 0.143 e. The fourth-order valence-electron chi connectivity index (χ4n) is 11.0. The van der Waals surface area contributed by atoms with E-state index in [2.05, 4.69) is 184 Å². The van der Waals surface area contributed by atoms with Gasteiger partial charge in [0.25, 0.3) is 0 Å². The van der Waals surface area contributed by atoms with Gasteiger partial charge in [0.15, 0.2) is 0 Å². The average Bonchev–Trinajstić information content (AvgIpc) is 3.95. The zero-order valence-corrected chi connectivity index (χ0v) is 34.8. The lowest BCUT2D eigenvalue weighted by Gasteiger charge is -2.22. The monoisotopic (exact) mass is 774 g/mol. The molecule has 2 aliphatic rings. The van der Waals surface area contributed by atoms with Crippen LogP contribution < -0.4 is 20.7 Å². The summed E-state index contributed by atoms with van der Waals surface area (Å²) in [5.41, 5.74) is 14.3. The molecule has 0 atom stereocenters. The highest BCUT2D eigenvalue weighted by molar-refractivity contribution is 7.06. The highest BCUT2D eigenvalue weighted by Crippen LogP contribution is 2.48. The summed E-state index contributed by atoms with van der Waals surface area (Å²) < 4.78 is 14.0. The molecule has 2 aliphatic heterocycles. The highest BCUT2D eigenvalue weighted by atomic mass is 28.3. The maximum absolute atomic E-state index is 7.07. The summed E-state index contributed by atoms with van der Waals surface area (Å²) in [6, 6.07) is 58.5. The van der Waals surface area contributed by atoms with Crippen molar-refractivity contribution in [3.05, 3.63) is 158 Å². The minimum absolute atomic E-state index is 0.942. The van der Waals surface area contributed by atoms with Crippen LogP contribution in [-0.4, -0.2) is 16.1 Å². The Hall–Kier alpha value is -6.47. The van der Waals surface area contributed by atoms with Gasteiger partial charge in [0.05, 0.1) is 0 Å². The molecule has 0 amide bonds. The van der Waals surface area contributed by atoms with E-state index in [0.717, 1.165) is 22.3 Å². The molecule has 0 spiro atoms. The maximum Gasteiger partial charge on any atom is 0.143 e. The third-order valence-electron chi connectivity index (χ3n) is 13.8. The normalized spacial score (nSPS) is 14.8. The Bertz CT molecular complexity index is 3630. The van der Waals surface area contributed by atoms with Crippen LogP contribution in [0.2, 0.25) is 26.2 Å². The van der Waals surface area contributed by atoms with Crippen molar-refractivity contribution in [3.8, 4) is 44.5 Å². The second-order valence-corrected chi connectivity index (χ2v) is 26.2. The molecule has 274 valence electrons. The van der Waals surface area contributed by atoms with Gasteiger partial charge in [-0.05, 0) is 87.8 Å². The van der Waals surface area contributed by atoms with Crippen LogP contribution in [0.5, 0.6) is 0 Å². The third kappa shape index (κ3) is 4.06. The molecule has 4 heterocycles. The van der Waals surface area contributed by atoms with E-state index in [0.29, 0.717) is 0 Å². The Kier molecular flexibility index (Phi) is 6.26. The molecule has 0 aliphatic carbocycles. The molecule has 0 saturated carbocycles. The molecule has 13 rings (SSSR count). The van der Waals surface area contributed by atoms with Crippen LogP contribution in [0.15, 0.2) is 167 Å². The highest BCUT2D eigenvalue weighted by Gasteiger charge is 2.46.